The van der Waals surface area contributed by atoms with Crippen molar-refractivity contribution in [1.82, 2.24) is 14.4 Å². The summed E-state index contributed by atoms with van der Waals surface area (Å²) in [5.74, 6) is 0. The highest BCUT2D eigenvalue weighted by Gasteiger charge is 2.01. The first-order valence-corrected chi connectivity index (χ1v) is 4.92. The van der Waals surface area contributed by atoms with Gasteiger partial charge in [0.05, 0.1) is 0 Å². The van der Waals surface area contributed by atoms with Crippen molar-refractivity contribution in [1.29, 1.82) is 0 Å². The Balaban J connectivity index is 2.95. The van der Waals surface area contributed by atoms with Crippen LogP contribution >= 0.6 is 11.8 Å². The molecule has 0 bridgehead atoms. The van der Waals surface area contributed by atoms with Gasteiger partial charge in [0.2, 0.25) is 0 Å². The molecule has 66 valence electrons. The van der Waals surface area contributed by atoms with Crippen molar-refractivity contribution in [2.24, 2.45) is 0 Å². The second-order valence-electron chi connectivity index (χ2n) is 2.41. The highest BCUT2D eigenvalue weighted by atomic mass is 32.2. The molecule has 0 aliphatic heterocycles. The zero-order valence-corrected chi connectivity index (χ0v) is 7.78. The van der Waals surface area contributed by atoms with Gasteiger partial charge in [-0.2, -0.15) is 0 Å². The van der Waals surface area contributed by atoms with Crippen LogP contribution in [0, 0.1) is 0 Å². The van der Waals surface area contributed by atoms with Crippen LogP contribution in [0.5, 0.6) is 0 Å². The monoisotopic (exact) mass is 193 g/mol. The third-order valence-electron chi connectivity index (χ3n) is 1.66. The first kappa shape index (κ1) is 8.25. The van der Waals surface area contributed by atoms with E-state index in [-0.39, 0.29) is 5.56 Å². The minimum Gasteiger partial charge on any atom is -0.269 e. The largest absolute Gasteiger partial charge is 0.269 e. The Morgan fingerprint density at radius 2 is 2.08 bits per heavy atom. The van der Waals surface area contributed by atoms with Crippen LogP contribution in [0.25, 0.3) is 5.65 Å². The van der Waals surface area contributed by atoms with Crippen LogP contribution in [0.15, 0.2) is 34.5 Å². The Kier molecular flexibility index (Phi) is 2.02. The summed E-state index contributed by atoms with van der Waals surface area (Å²) < 4.78 is 1.49. The van der Waals surface area contributed by atoms with Gasteiger partial charge in [0.15, 0.2) is 5.16 Å². The molecule has 2 heterocycles. The molecule has 2 aromatic rings. The van der Waals surface area contributed by atoms with E-state index in [4.69, 9.17) is 0 Å². The molecule has 0 saturated carbocycles. The minimum absolute atomic E-state index is 0.0950. The Bertz CT molecular complexity index is 489. The topological polar surface area (TPSA) is 47.3 Å². The molecule has 2 aromatic heterocycles. The lowest BCUT2D eigenvalue weighted by molar-refractivity contribution is 0.851. The van der Waals surface area contributed by atoms with Crippen molar-refractivity contribution in [2.75, 3.05) is 6.26 Å². The third-order valence-corrected chi connectivity index (χ3v) is 2.31. The second-order valence-corrected chi connectivity index (χ2v) is 3.18. The van der Waals surface area contributed by atoms with Gasteiger partial charge >= 0.3 is 0 Å². The summed E-state index contributed by atoms with van der Waals surface area (Å²) in [7, 11) is 0. The van der Waals surface area contributed by atoms with Crippen molar-refractivity contribution < 1.29 is 0 Å². The average Bonchev–Trinajstić information content (AvgIpc) is 2.17. The van der Waals surface area contributed by atoms with E-state index in [1.807, 2.05) is 6.26 Å². The number of nitrogens with zero attached hydrogens (tertiary/aromatic N) is 3. The molecule has 0 spiro atoms. The standard InChI is InChI=1S/C8H7N3OS/c1-13-8-10-4-2-6-9-5-3-7(12)11(6)8/h2-5H,1H3. The number of aromatic nitrogens is 3. The van der Waals surface area contributed by atoms with Crippen LogP contribution in [0.2, 0.25) is 0 Å². The van der Waals surface area contributed by atoms with Crippen LogP contribution in [0.1, 0.15) is 0 Å². The van der Waals surface area contributed by atoms with E-state index in [1.54, 1.807) is 12.3 Å². The van der Waals surface area contributed by atoms with Crippen LogP contribution in [-0.4, -0.2) is 20.6 Å². The fraction of sp³-hybridized carbons (Fsp3) is 0.125. The summed E-state index contributed by atoms with van der Waals surface area (Å²) in [4.78, 5) is 19.6. The van der Waals surface area contributed by atoms with E-state index in [1.165, 1.54) is 28.4 Å². The molecule has 0 unspecified atom stereocenters. The maximum atomic E-state index is 11.4. The Morgan fingerprint density at radius 1 is 1.31 bits per heavy atom. The van der Waals surface area contributed by atoms with Crippen LogP contribution in [0.3, 0.4) is 0 Å². The van der Waals surface area contributed by atoms with Crippen molar-refractivity contribution in [2.45, 2.75) is 5.16 Å². The fourth-order valence-corrected chi connectivity index (χ4v) is 1.63. The average molecular weight is 193 g/mol. The molecule has 0 saturated heterocycles. The lowest BCUT2D eigenvalue weighted by atomic mass is 10.5. The Labute approximate surface area is 78.6 Å². The predicted octanol–water partition coefficient (Wildman–Crippen LogP) is 0.811. The summed E-state index contributed by atoms with van der Waals surface area (Å²) in [6.45, 7) is 0. The van der Waals surface area contributed by atoms with E-state index in [0.29, 0.717) is 10.8 Å². The smallest absolute Gasteiger partial charge is 0.259 e. The van der Waals surface area contributed by atoms with E-state index < -0.39 is 0 Å². The van der Waals surface area contributed by atoms with Gasteiger partial charge in [-0.25, -0.2) is 14.4 Å². The molecule has 5 heteroatoms. The summed E-state index contributed by atoms with van der Waals surface area (Å²) in [6, 6.07) is 3.13. The first-order valence-electron chi connectivity index (χ1n) is 3.69. The van der Waals surface area contributed by atoms with Gasteiger partial charge in [-0.1, -0.05) is 11.8 Å². The van der Waals surface area contributed by atoms with Gasteiger partial charge in [0.1, 0.15) is 5.65 Å². The van der Waals surface area contributed by atoms with E-state index in [0.717, 1.165) is 0 Å². The molecule has 4 nitrogen and oxygen atoms in total. The fourth-order valence-electron chi connectivity index (χ4n) is 1.10. The molecule has 0 radical (unpaired) electrons. The number of thioether (sulfide) groups is 1. The maximum Gasteiger partial charge on any atom is 0.259 e. The van der Waals surface area contributed by atoms with Crippen LogP contribution < -0.4 is 5.56 Å². The van der Waals surface area contributed by atoms with Gasteiger partial charge in [-0.05, 0) is 12.3 Å². The van der Waals surface area contributed by atoms with Crippen molar-refractivity contribution in [3.8, 4) is 0 Å². The Morgan fingerprint density at radius 3 is 2.85 bits per heavy atom. The molecule has 0 aliphatic rings. The summed E-state index contributed by atoms with van der Waals surface area (Å²) in [5.41, 5.74) is 0.536. The molecule has 0 aliphatic carbocycles. The number of hydrogen-bond donors (Lipinski definition) is 0. The lowest BCUT2D eigenvalue weighted by Crippen LogP contribution is -2.15. The molecule has 0 atom stereocenters. The summed E-state index contributed by atoms with van der Waals surface area (Å²) in [6.07, 6.45) is 5.02. The van der Waals surface area contributed by atoms with Crippen molar-refractivity contribution >= 4 is 17.4 Å². The van der Waals surface area contributed by atoms with E-state index in [9.17, 15) is 4.79 Å². The molecule has 0 N–H and O–H groups in total. The summed E-state index contributed by atoms with van der Waals surface area (Å²) in [5, 5.41) is 0.663. The van der Waals surface area contributed by atoms with Gasteiger partial charge < -0.3 is 0 Å². The van der Waals surface area contributed by atoms with E-state index in [2.05, 4.69) is 9.97 Å². The molecular formula is C8H7N3OS. The van der Waals surface area contributed by atoms with Crippen molar-refractivity contribution in [3.63, 3.8) is 0 Å². The quantitative estimate of drug-likeness (QED) is 0.496. The number of hydrogen-bond acceptors (Lipinski definition) is 4. The molecule has 13 heavy (non-hydrogen) atoms. The van der Waals surface area contributed by atoms with Gasteiger partial charge in [-0.15, -0.1) is 0 Å². The number of fused-ring (bicyclic) bond motifs is 1. The van der Waals surface area contributed by atoms with Gasteiger partial charge in [-0.3, -0.25) is 4.79 Å². The SMILES string of the molecule is CSc1nccc2nccc(=O)n12. The third kappa shape index (κ3) is 1.31. The number of rotatable bonds is 1. The predicted molar refractivity (Wildman–Crippen MR) is 51.0 cm³/mol. The van der Waals surface area contributed by atoms with Crippen LogP contribution in [0.4, 0.5) is 0 Å². The second kappa shape index (κ2) is 3.18. The van der Waals surface area contributed by atoms with E-state index >= 15 is 0 Å². The first-order chi connectivity index (χ1) is 6.33. The molecule has 0 aromatic carbocycles. The zero-order valence-electron chi connectivity index (χ0n) is 6.97. The van der Waals surface area contributed by atoms with Crippen LogP contribution in [-0.2, 0) is 0 Å². The van der Waals surface area contributed by atoms with Gasteiger partial charge in [0.25, 0.3) is 5.56 Å². The summed E-state index contributed by atoms with van der Waals surface area (Å²) >= 11 is 1.42. The maximum absolute atomic E-state index is 11.4. The molecule has 0 amide bonds. The molecule has 2 rings (SSSR count). The molecular weight excluding hydrogens is 186 g/mol. The minimum atomic E-state index is -0.0950. The highest BCUT2D eigenvalue weighted by molar-refractivity contribution is 7.98. The Hall–Kier alpha value is -1.36. The lowest BCUT2D eigenvalue weighted by Gasteiger charge is -2.02. The van der Waals surface area contributed by atoms with Crippen molar-refractivity contribution in [3.05, 3.63) is 34.9 Å². The normalized spacial score (nSPS) is 10.5. The highest BCUT2D eigenvalue weighted by Crippen LogP contribution is 2.09. The molecule has 0 fully saturated rings. The zero-order chi connectivity index (χ0) is 9.26. The van der Waals surface area contributed by atoms with Gasteiger partial charge in [0, 0.05) is 18.5 Å².